The molecule has 0 bridgehead atoms. The Morgan fingerprint density at radius 3 is 3.04 bits per heavy atom. The van der Waals surface area contributed by atoms with Crippen molar-refractivity contribution >= 4 is 5.91 Å². The standard InChI is InChI=1S/C15H17F2N5O2/c1-24-8-12-19-14(21-20-12)11-4-2-3-5-22(11)15(23)13-10(17)6-9(16)7-18-13/h6-7,11H,2-5,8H2,1H3,(H,19,20,21). The third kappa shape index (κ3) is 3.25. The van der Waals surface area contributed by atoms with Crippen molar-refractivity contribution in [2.75, 3.05) is 13.7 Å². The zero-order valence-corrected chi connectivity index (χ0v) is 13.1. The van der Waals surface area contributed by atoms with E-state index in [2.05, 4.69) is 20.2 Å². The monoisotopic (exact) mass is 337 g/mol. The van der Waals surface area contributed by atoms with Gasteiger partial charge in [0, 0.05) is 19.7 Å². The zero-order valence-electron chi connectivity index (χ0n) is 13.1. The van der Waals surface area contributed by atoms with E-state index in [1.807, 2.05) is 0 Å². The summed E-state index contributed by atoms with van der Waals surface area (Å²) in [5.41, 5.74) is -0.393. The number of nitrogens with one attached hydrogen (secondary N) is 1. The van der Waals surface area contributed by atoms with Gasteiger partial charge < -0.3 is 9.64 Å². The summed E-state index contributed by atoms with van der Waals surface area (Å²) in [5, 5.41) is 6.90. The first-order valence-electron chi connectivity index (χ1n) is 7.62. The van der Waals surface area contributed by atoms with Crippen molar-refractivity contribution in [3.05, 3.63) is 41.2 Å². The Morgan fingerprint density at radius 1 is 1.46 bits per heavy atom. The number of nitrogens with zero attached hydrogens (tertiary/aromatic N) is 4. The highest BCUT2D eigenvalue weighted by Crippen LogP contribution is 2.30. The highest BCUT2D eigenvalue weighted by Gasteiger charge is 2.33. The summed E-state index contributed by atoms with van der Waals surface area (Å²) in [4.78, 5) is 22.1. The van der Waals surface area contributed by atoms with Crippen LogP contribution in [0.25, 0.3) is 0 Å². The van der Waals surface area contributed by atoms with Gasteiger partial charge in [0.15, 0.2) is 23.2 Å². The fourth-order valence-corrected chi connectivity index (χ4v) is 2.81. The number of amides is 1. The van der Waals surface area contributed by atoms with Crippen LogP contribution in [0.5, 0.6) is 0 Å². The second-order valence-corrected chi connectivity index (χ2v) is 5.57. The average Bonchev–Trinajstić information content (AvgIpc) is 3.03. The van der Waals surface area contributed by atoms with Crippen molar-refractivity contribution in [3.63, 3.8) is 0 Å². The molecule has 0 radical (unpaired) electrons. The number of likely N-dealkylation sites (tertiary alicyclic amines) is 1. The fourth-order valence-electron chi connectivity index (χ4n) is 2.81. The maximum atomic E-state index is 13.9. The second-order valence-electron chi connectivity index (χ2n) is 5.57. The molecule has 9 heteroatoms. The molecule has 0 spiro atoms. The lowest BCUT2D eigenvalue weighted by Crippen LogP contribution is -2.39. The molecule has 24 heavy (non-hydrogen) atoms. The molecule has 3 heterocycles. The van der Waals surface area contributed by atoms with Gasteiger partial charge in [-0.15, -0.1) is 0 Å². The van der Waals surface area contributed by atoms with E-state index in [-0.39, 0.29) is 12.6 Å². The maximum Gasteiger partial charge on any atom is 0.276 e. The molecule has 1 aliphatic heterocycles. The number of piperidine rings is 1. The van der Waals surface area contributed by atoms with E-state index in [1.54, 1.807) is 7.11 Å². The van der Waals surface area contributed by atoms with Crippen LogP contribution in [0.1, 0.15) is 47.4 Å². The Bertz CT molecular complexity index is 736. The largest absolute Gasteiger partial charge is 0.377 e. The quantitative estimate of drug-likeness (QED) is 0.922. The van der Waals surface area contributed by atoms with E-state index in [1.165, 1.54) is 4.90 Å². The SMILES string of the molecule is COCc1nc(C2CCCCN2C(=O)c2ncc(F)cc2F)n[nH]1. The Kier molecular flexibility index (Phi) is 4.79. The molecule has 1 atom stereocenters. The van der Waals surface area contributed by atoms with Crippen LogP contribution in [0.15, 0.2) is 12.3 Å². The van der Waals surface area contributed by atoms with E-state index in [0.29, 0.717) is 30.7 Å². The lowest BCUT2D eigenvalue weighted by molar-refractivity contribution is 0.0588. The molecule has 7 nitrogen and oxygen atoms in total. The van der Waals surface area contributed by atoms with Crippen molar-refractivity contribution in [2.24, 2.45) is 0 Å². The number of hydrogen-bond donors (Lipinski definition) is 1. The Morgan fingerprint density at radius 2 is 2.29 bits per heavy atom. The number of ether oxygens (including phenoxy) is 1. The zero-order chi connectivity index (χ0) is 17.1. The van der Waals surface area contributed by atoms with Gasteiger partial charge in [-0.3, -0.25) is 9.89 Å². The topological polar surface area (TPSA) is 84.0 Å². The number of carbonyl (C=O) groups is 1. The summed E-state index contributed by atoms with van der Waals surface area (Å²) in [7, 11) is 1.54. The number of aromatic nitrogens is 4. The van der Waals surface area contributed by atoms with Gasteiger partial charge in [0.25, 0.3) is 5.91 Å². The average molecular weight is 337 g/mol. The number of carbonyl (C=O) groups excluding carboxylic acids is 1. The predicted octanol–water partition coefficient (Wildman–Crippen LogP) is 1.99. The molecule has 1 amide bonds. The third-order valence-electron chi connectivity index (χ3n) is 3.90. The minimum Gasteiger partial charge on any atom is -0.377 e. The minimum atomic E-state index is -0.973. The highest BCUT2D eigenvalue weighted by atomic mass is 19.1. The molecule has 1 fully saturated rings. The summed E-state index contributed by atoms with van der Waals surface area (Å²) in [5.74, 6) is -1.37. The molecule has 128 valence electrons. The molecule has 0 aliphatic carbocycles. The minimum absolute atomic E-state index is 0.280. The van der Waals surface area contributed by atoms with Crippen molar-refractivity contribution in [3.8, 4) is 0 Å². The number of methoxy groups -OCH3 is 1. The van der Waals surface area contributed by atoms with Gasteiger partial charge in [0.05, 0.1) is 12.2 Å². The third-order valence-corrected chi connectivity index (χ3v) is 3.90. The Balaban J connectivity index is 1.87. The van der Waals surface area contributed by atoms with Crippen LogP contribution in [0.2, 0.25) is 0 Å². The van der Waals surface area contributed by atoms with Crippen LogP contribution < -0.4 is 0 Å². The van der Waals surface area contributed by atoms with Crippen molar-refractivity contribution in [1.29, 1.82) is 0 Å². The molecule has 1 aliphatic rings. The molecular formula is C15H17F2N5O2. The van der Waals surface area contributed by atoms with Gasteiger partial charge in [-0.25, -0.2) is 18.7 Å². The van der Waals surface area contributed by atoms with Crippen LogP contribution in [0, 0.1) is 11.6 Å². The van der Waals surface area contributed by atoms with Gasteiger partial charge in [0.1, 0.15) is 12.4 Å². The summed E-state index contributed by atoms with van der Waals surface area (Å²) in [6.45, 7) is 0.720. The number of rotatable bonds is 4. The number of pyridine rings is 1. The van der Waals surface area contributed by atoms with Crippen molar-refractivity contribution in [2.45, 2.75) is 31.9 Å². The summed E-state index contributed by atoms with van der Waals surface area (Å²) in [6, 6.07) is 0.280. The number of aromatic amines is 1. The van der Waals surface area contributed by atoms with Crippen LogP contribution in [-0.2, 0) is 11.3 Å². The van der Waals surface area contributed by atoms with E-state index in [4.69, 9.17) is 4.74 Å². The van der Waals surface area contributed by atoms with E-state index < -0.39 is 23.2 Å². The molecule has 1 saturated heterocycles. The molecule has 0 aromatic carbocycles. The Hall–Kier alpha value is -2.42. The maximum absolute atomic E-state index is 13.9. The number of H-pyrrole nitrogens is 1. The van der Waals surface area contributed by atoms with Crippen LogP contribution in [-0.4, -0.2) is 44.6 Å². The van der Waals surface area contributed by atoms with E-state index in [0.717, 1.165) is 19.0 Å². The van der Waals surface area contributed by atoms with E-state index in [9.17, 15) is 13.6 Å². The molecule has 3 rings (SSSR count). The van der Waals surface area contributed by atoms with Crippen LogP contribution >= 0.6 is 0 Å². The molecular weight excluding hydrogens is 320 g/mol. The number of halogens is 2. The normalized spacial score (nSPS) is 18.0. The molecule has 1 unspecified atom stereocenters. The molecule has 2 aromatic rings. The lowest BCUT2D eigenvalue weighted by Gasteiger charge is -2.33. The van der Waals surface area contributed by atoms with Gasteiger partial charge >= 0.3 is 0 Å². The molecule has 1 N–H and O–H groups in total. The van der Waals surface area contributed by atoms with Gasteiger partial charge in [-0.2, -0.15) is 5.10 Å². The van der Waals surface area contributed by atoms with Crippen molar-refractivity contribution < 1.29 is 18.3 Å². The van der Waals surface area contributed by atoms with Crippen LogP contribution in [0.3, 0.4) is 0 Å². The summed E-state index contributed by atoms with van der Waals surface area (Å²) >= 11 is 0. The second kappa shape index (κ2) is 7.00. The predicted molar refractivity (Wildman–Crippen MR) is 78.9 cm³/mol. The number of hydrogen-bond acceptors (Lipinski definition) is 5. The highest BCUT2D eigenvalue weighted by molar-refractivity contribution is 5.92. The van der Waals surface area contributed by atoms with Gasteiger partial charge in [0.2, 0.25) is 0 Å². The molecule has 0 saturated carbocycles. The van der Waals surface area contributed by atoms with E-state index >= 15 is 0 Å². The van der Waals surface area contributed by atoms with Crippen molar-refractivity contribution in [1.82, 2.24) is 25.1 Å². The smallest absolute Gasteiger partial charge is 0.276 e. The van der Waals surface area contributed by atoms with Gasteiger partial charge in [-0.05, 0) is 19.3 Å². The first-order valence-corrected chi connectivity index (χ1v) is 7.62. The summed E-state index contributed by atoms with van der Waals surface area (Å²) < 4.78 is 31.9. The first-order chi connectivity index (χ1) is 11.6. The molecule has 2 aromatic heterocycles. The fraction of sp³-hybridized carbons (Fsp3) is 0.467. The first kappa shape index (κ1) is 16.4. The van der Waals surface area contributed by atoms with Gasteiger partial charge in [-0.1, -0.05) is 0 Å². The van der Waals surface area contributed by atoms with Crippen LogP contribution in [0.4, 0.5) is 8.78 Å². The lowest BCUT2D eigenvalue weighted by atomic mass is 10.0. The Labute approximate surface area is 137 Å². The summed E-state index contributed by atoms with van der Waals surface area (Å²) in [6.07, 6.45) is 3.19.